The minimum atomic E-state index is -0.156. The Labute approximate surface area is 147 Å². The van der Waals surface area contributed by atoms with Crippen LogP contribution in [0.4, 0.5) is 0 Å². The molecule has 0 bridgehead atoms. The smallest absolute Gasteiger partial charge is 0.208 e. The first-order valence-electron chi connectivity index (χ1n) is 8.15. The van der Waals surface area contributed by atoms with Crippen LogP contribution >= 0.6 is 0 Å². The molecule has 0 aliphatic carbocycles. The summed E-state index contributed by atoms with van der Waals surface area (Å²) in [6.07, 6.45) is 9.78. The highest BCUT2D eigenvalue weighted by atomic mass is 32.2. The molecule has 0 spiro atoms. The van der Waals surface area contributed by atoms with Crippen molar-refractivity contribution in [1.82, 2.24) is 0 Å². The van der Waals surface area contributed by atoms with Crippen LogP contribution in [0.3, 0.4) is 0 Å². The van der Waals surface area contributed by atoms with Gasteiger partial charge in [0.25, 0.3) is 0 Å². The average molecular weight is 335 g/mol. The molecule has 1 atom stereocenters. The molecule has 0 saturated carbocycles. The summed E-state index contributed by atoms with van der Waals surface area (Å²) < 4.78 is 5.83. The third-order valence-corrected chi connectivity index (χ3v) is 5.90. The fourth-order valence-corrected chi connectivity index (χ4v) is 4.31. The number of para-hydroxylation sites is 1. The summed E-state index contributed by atoms with van der Waals surface area (Å²) in [4.78, 5) is 2.51. The van der Waals surface area contributed by atoms with Crippen molar-refractivity contribution in [2.45, 2.75) is 36.0 Å². The van der Waals surface area contributed by atoms with Gasteiger partial charge in [-0.2, -0.15) is 0 Å². The molecule has 1 heterocycles. The van der Waals surface area contributed by atoms with Gasteiger partial charge in [0.15, 0.2) is 10.6 Å². The number of ether oxygens (including phenoxy) is 1. The molecule has 122 valence electrons. The molecule has 24 heavy (non-hydrogen) atoms. The Morgan fingerprint density at radius 1 is 0.792 bits per heavy atom. The van der Waals surface area contributed by atoms with E-state index in [4.69, 9.17) is 4.74 Å². The van der Waals surface area contributed by atoms with Gasteiger partial charge < -0.3 is 4.74 Å². The first kappa shape index (κ1) is 16.7. The largest absolute Gasteiger partial charge is 0.460 e. The SMILES string of the molecule is CC(C)(C)c1ccc([S+]2/C=C/C=C\C=C\Oc3ccccc32)cc1. The highest BCUT2D eigenvalue weighted by Crippen LogP contribution is 2.34. The number of hydrogen-bond acceptors (Lipinski definition) is 1. The maximum Gasteiger partial charge on any atom is 0.208 e. The van der Waals surface area contributed by atoms with Crippen LogP contribution in [-0.2, 0) is 16.3 Å². The Bertz CT molecular complexity index is 776. The predicted molar refractivity (Wildman–Crippen MR) is 104 cm³/mol. The van der Waals surface area contributed by atoms with Crippen molar-refractivity contribution in [2.24, 2.45) is 0 Å². The Hall–Kier alpha value is -2.19. The van der Waals surface area contributed by atoms with Gasteiger partial charge in [0.1, 0.15) is 5.41 Å². The quantitative estimate of drug-likeness (QED) is 0.581. The van der Waals surface area contributed by atoms with E-state index in [1.165, 1.54) is 15.4 Å². The van der Waals surface area contributed by atoms with Gasteiger partial charge in [0.2, 0.25) is 4.90 Å². The molecule has 2 aromatic carbocycles. The summed E-state index contributed by atoms with van der Waals surface area (Å²) in [7, 11) is -0.156. The van der Waals surface area contributed by atoms with E-state index in [9.17, 15) is 0 Å². The molecular formula is C22H23OS+. The van der Waals surface area contributed by atoms with Gasteiger partial charge in [-0.05, 0) is 47.4 Å². The molecular weight excluding hydrogens is 312 g/mol. The maximum atomic E-state index is 5.83. The normalized spacial score (nSPS) is 21.2. The number of fused-ring (bicyclic) bond motifs is 1. The van der Waals surface area contributed by atoms with Gasteiger partial charge in [-0.15, -0.1) is 0 Å². The number of allylic oxidation sites excluding steroid dienone is 4. The van der Waals surface area contributed by atoms with E-state index in [2.05, 4.69) is 68.7 Å². The van der Waals surface area contributed by atoms with E-state index < -0.39 is 0 Å². The van der Waals surface area contributed by atoms with Crippen LogP contribution in [0.15, 0.2) is 94.3 Å². The summed E-state index contributed by atoms with van der Waals surface area (Å²) in [5, 5.41) is 2.25. The zero-order valence-electron chi connectivity index (χ0n) is 14.4. The summed E-state index contributed by atoms with van der Waals surface area (Å²) in [5.74, 6) is 0.914. The van der Waals surface area contributed by atoms with Crippen LogP contribution in [0.2, 0.25) is 0 Å². The van der Waals surface area contributed by atoms with Gasteiger partial charge in [-0.1, -0.05) is 57.2 Å². The van der Waals surface area contributed by atoms with E-state index in [0.29, 0.717) is 0 Å². The topological polar surface area (TPSA) is 9.23 Å². The van der Waals surface area contributed by atoms with Crippen molar-refractivity contribution in [1.29, 1.82) is 0 Å². The van der Waals surface area contributed by atoms with Crippen molar-refractivity contribution < 1.29 is 4.74 Å². The number of rotatable bonds is 1. The van der Waals surface area contributed by atoms with E-state index in [1.54, 1.807) is 6.26 Å². The van der Waals surface area contributed by atoms with Gasteiger partial charge in [-0.25, -0.2) is 0 Å². The van der Waals surface area contributed by atoms with Gasteiger partial charge in [-0.3, -0.25) is 0 Å². The van der Waals surface area contributed by atoms with Crippen LogP contribution in [0, 0.1) is 0 Å². The van der Waals surface area contributed by atoms with Gasteiger partial charge in [0, 0.05) is 0 Å². The van der Waals surface area contributed by atoms with Gasteiger partial charge >= 0.3 is 0 Å². The van der Waals surface area contributed by atoms with Crippen LogP contribution in [-0.4, -0.2) is 0 Å². The summed E-state index contributed by atoms with van der Waals surface area (Å²) in [6, 6.07) is 17.3. The third-order valence-electron chi connectivity index (χ3n) is 3.88. The Kier molecular flexibility index (Phi) is 4.96. The first-order valence-corrected chi connectivity index (χ1v) is 9.44. The molecule has 1 aliphatic heterocycles. The molecule has 0 saturated heterocycles. The minimum Gasteiger partial charge on any atom is -0.460 e. The molecule has 0 radical (unpaired) electrons. The van der Waals surface area contributed by atoms with Gasteiger partial charge in [0.05, 0.1) is 17.2 Å². The molecule has 0 amide bonds. The van der Waals surface area contributed by atoms with E-state index in [0.717, 1.165) is 5.75 Å². The average Bonchev–Trinajstić information content (AvgIpc) is 2.58. The van der Waals surface area contributed by atoms with Crippen LogP contribution in [0.5, 0.6) is 5.75 Å². The molecule has 0 aromatic heterocycles. The first-order chi connectivity index (χ1) is 11.6. The van der Waals surface area contributed by atoms with Crippen LogP contribution in [0.25, 0.3) is 0 Å². The van der Waals surface area contributed by atoms with E-state index in [-0.39, 0.29) is 16.3 Å². The predicted octanol–water partition coefficient (Wildman–Crippen LogP) is 6.00. The molecule has 2 aromatic rings. The Balaban J connectivity index is 2.04. The summed E-state index contributed by atoms with van der Waals surface area (Å²) in [5.41, 5.74) is 1.52. The molecule has 0 fully saturated rings. The fourth-order valence-electron chi connectivity index (χ4n) is 2.52. The lowest BCUT2D eigenvalue weighted by Gasteiger charge is -2.18. The maximum absolute atomic E-state index is 5.83. The molecule has 3 rings (SSSR count). The molecule has 1 unspecified atom stereocenters. The van der Waals surface area contributed by atoms with Crippen molar-refractivity contribution in [2.75, 3.05) is 0 Å². The van der Waals surface area contributed by atoms with Crippen molar-refractivity contribution in [3.05, 3.63) is 90.1 Å². The molecule has 1 nitrogen and oxygen atoms in total. The minimum absolute atomic E-state index is 0.156. The number of hydrogen-bond donors (Lipinski definition) is 0. The van der Waals surface area contributed by atoms with Crippen LogP contribution < -0.4 is 4.74 Å². The second kappa shape index (κ2) is 7.14. The van der Waals surface area contributed by atoms with Crippen molar-refractivity contribution in [3.8, 4) is 5.75 Å². The lowest BCUT2D eigenvalue weighted by Crippen LogP contribution is -2.11. The molecule has 0 N–H and O–H groups in total. The second-order valence-electron chi connectivity index (χ2n) is 6.72. The highest BCUT2D eigenvalue weighted by Gasteiger charge is 2.27. The standard InChI is InChI=1S/C22H23OS/c1-22(2,3)18-12-14-19(15-13-18)24-17-9-5-4-8-16-23-20-10-6-7-11-21(20)24/h4-17H,1-3H3/q+1/b5-4-,16-8+,17-9+. The zero-order chi connectivity index (χ0) is 17.0. The van der Waals surface area contributed by atoms with Crippen molar-refractivity contribution >= 4 is 10.9 Å². The van der Waals surface area contributed by atoms with E-state index in [1.807, 2.05) is 30.4 Å². The summed E-state index contributed by atoms with van der Waals surface area (Å²) in [6.45, 7) is 6.73. The highest BCUT2D eigenvalue weighted by molar-refractivity contribution is 7.99. The van der Waals surface area contributed by atoms with E-state index >= 15 is 0 Å². The lowest BCUT2D eigenvalue weighted by atomic mass is 9.87. The fraction of sp³-hybridized carbons (Fsp3) is 0.182. The lowest BCUT2D eigenvalue weighted by molar-refractivity contribution is 0.469. The second-order valence-corrected chi connectivity index (χ2v) is 8.58. The molecule has 2 heteroatoms. The van der Waals surface area contributed by atoms with Crippen LogP contribution in [0.1, 0.15) is 26.3 Å². The molecule has 1 aliphatic rings. The third kappa shape index (κ3) is 3.82. The van der Waals surface area contributed by atoms with Crippen molar-refractivity contribution in [3.63, 3.8) is 0 Å². The summed E-state index contributed by atoms with van der Waals surface area (Å²) >= 11 is 0. The zero-order valence-corrected chi connectivity index (χ0v) is 15.2. The number of benzene rings is 2. The Morgan fingerprint density at radius 3 is 2.25 bits per heavy atom. The Morgan fingerprint density at radius 2 is 1.50 bits per heavy atom. The monoisotopic (exact) mass is 335 g/mol.